The van der Waals surface area contributed by atoms with Gasteiger partial charge in [0.1, 0.15) is 6.54 Å². The number of carbonyl (C=O) groups excluding carboxylic acids is 1. The zero-order valence-corrected chi connectivity index (χ0v) is 15.3. The molecule has 0 saturated carbocycles. The van der Waals surface area contributed by atoms with E-state index in [4.69, 9.17) is 0 Å². The Hall–Kier alpha value is -2.82. The minimum atomic E-state index is -0.144. The number of carbonyl (C=O) groups is 1. The molecule has 1 N–H and O–H groups in total. The summed E-state index contributed by atoms with van der Waals surface area (Å²) in [5.41, 5.74) is 2.74. The van der Waals surface area contributed by atoms with Crippen molar-refractivity contribution in [2.24, 2.45) is 0 Å². The summed E-state index contributed by atoms with van der Waals surface area (Å²) in [5.74, 6) is 0.0765. The maximum Gasteiger partial charge on any atom is 0.329 e. The van der Waals surface area contributed by atoms with Crippen LogP contribution in [0.15, 0.2) is 59.4 Å². The standard InChI is InChI=1S/C21H25N3O2/c1-3-13-23-18-11-7-8-12-19(18)24(21(23)26)15-20(25)22-14-16(2)17-9-5-4-6-10-17/h4-12,16H,3,13-15H2,1-2H3,(H,22,25)/t16-/m0/s1. The highest BCUT2D eigenvalue weighted by molar-refractivity contribution is 5.81. The van der Waals surface area contributed by atoms with Gasteiger partial charge in [-0.2, -0.15) is 0 Å². The van der Waals surface area contributed by atoms with Crippen LogP contribution in [0.25, 0.3) is 11.0 Å². The molecule has 1 amide bonds. The third kappa shape index (κ3) is 3.72. The molecule has 0 aliphatic heterocycles. The van der Waals surface area contributed by atoms with E-state index in [2.05, 4.69) is 24.4 Å². The molecule has 26 heavy (non-hydrogen) atoms. The number of hydrogen-bond donors (Lipinski definition) is 1. The molecule has 0 aliphatic carbocycles. The highest BCUT2D eigenvalue weighted by Crippen LogP contribution is 2.14. The number of aryl methyl sites for hydroxylation is 1. The Kier molecular flexibility index (Phi) is 5.56. The van der Waals surface area contributed by atoms with Crippen LogP contribution in [0.2, 0.25) is 0 Å². The molecule has 3 rings (SSSR count). The van der Waals surface area contributed by atoms with Gasteiger partial charge < -0.3 is 5.32 Å². The maximum atomic E-state index is 12.7. The number of benzene rings is 2. The van der Waals surface area contributed by atoms with E-state index in [-0.39, 0.29) is 24.1 Å². The Balaban J connectivity index is 1.73. The summed E-state index contributed by atoms with van der Waals surface area (Å²) in [5, 5.41) is 2.95. The van der Waals surface area contributed by atoms with E-state index in [1.54, 1.807) is 9.13 Å². The number of imidazole rings is 1. The van der Waals surface area contributed by atoms with E-state index >= 15 is 0 Å². The highest BCUT2D eigenvalue weighted by atomic mass is 16.2. The number of rotatable bonds is 7. The van der Waals surface area contributed by atoms with Crippen LogP contribution in [0.1, 0.15) is 31.7 Å². The van der Waals surface area contributed by atoms with Crippen LogP contribution in [0.5, 0.6) is 0 Å². The van der Waals surface area contributed by atoms with Gasteiger partial charge in [0, 0.05) is 13.1 Å². The van der Waals surface area contributed by atoms with Gasteiger partial charge in [0.15, 0.2) is 0 Å². The van der Waals surface area contributed by atoms with E-state index in [0.29, 0.717) is 13.1 Å². The van der Waals surface area contributed by atoms with Gasteiger partial charge >= 0.3 is 5.69 Å². The number of aromatic nitrogens is 2. The molecule has 136 valence electrons. The summed E-state index contributed by atoms with van der Waals surface area (Å²) in [6.45, 7) is 5.35. The number of fused-ring (bicyclic) bond motifs is 1. The van der Waals surface area contributed by atoms with Crippen molar-refractivity contribution in [3.05, 3.63) is 70.6 Å². The second-order valence-electron chi connectivity index (χ2n) is 6.62. The molecular weight excluding hydrogens is 326 g/mol. The minimum absolute atomic E-state index is 0.0393. The molecule has 0 radical (unpaired) electrons. The summed E-state index contributed by atoms with van der Waals surface area (Å²) in [4.78, 5) is 25.2. The van der Waals surface area contributed by atoms with E-state index in [1.807, 2.05) is 49.4 Å². The predicted octanol–water partition coefficient (Wildman–Crippen LogP) is 3.13. The summed E-state index contributed by atoms with van der Waals surface area (Å²) in [6, 6.07) is 17.7. The van der Waals surface area contributed by atoms with Gasteiger partial charge in [-0.15, -0.1) is 0 Å². The van der Waals surface area contributed by atoms with Gasteiger partial charge in [0.2, 0.25) is 5.91 Å². The van der Waals surface area contributed by atoms with Crippen molar-refractivity contribution in [3.8, 4) is 0 Å². The van der Waals surface area contributed by atoms with Crippen molar-refractivity contribution in [1.82, 2.24) is 14.5 Å². The van der Waals surface area contributed by atoms with Gasteiger partial charge in [-0.1, -0.05) is 56.3 Å². The molecule has 5 heteroatoms. The van der Waals surface area contributed by atoms with Gasteiger partial charge in [0.05, 0.1) is 11.0 Å². The first-order chi connectivity index (χ1) is 12.6. The van der Waals surface area contributed by atoms with E-state index in [0.717, 1.165) is 17.5 Å². The van der Waals surface area contributed by atoms with E-state index in [9.17, 15) is 9.59 Å². The Bertz CT molecular complexity index is 941. The Morgan fingerprint density at radius 3 is 2.27 bits per heavy atom. The lowest BCUT2D eigenvalue weighted by Crippen LogP contribution is -2.34. The first-order valence-corrected chi connectivity index (χ1v) is 9.11. The molecule has 3 aromatic rings. The molecule has 0 aliphatic rings. The molecule has 0 unspecified atom stereocenters. The van der Waals surface area contributed by atoms with Gasteiger partial charge in [-0.3, -0.25) is 13.9 Å². The second-order valence-corrected chi connectivity index (χ2v) is 6.62. The average molecular weight is 351 g/mol. The molecule has 2 aromatic carbocycles. The lowest BCUT2D eigenvalue weighted by atomic mass is 10.0. The van der Waals surface area contributed by atoms with Crippen molar-refractivity contribution >= 4 is 16.9 Å². The van der Waals surface area contributed by atoms with Crippen molar-refractivity contribution in [2.45, 2.75) is 39.3 Å². The Morgan fingerprint density at radius 2 is 1.62 bits per heavy atom. The fraction of sp³-hybridized carbons (Fsp3) is 0.333. The zero-order chi connectivity index (χ0) is 18.5. The first kappa shape index (κ1) is 18.0. The van der Waals surface area contributed by atoms with Crippen molar-refractivity contribution < 1.29 is 4.79 Å². The highest BCUT2D eigenvalue weighted by Gasteiger charge is 2.15. The van der Waals surface area contributed by atoms with Crippen LogP contribution in [-0.4, -0.2) is 21.6 Å². The third-order valence-electron chi connectivity index (χ3n) is 4.65. The SMILES string of the molecule is CCCn1c(=O)n(CC(=O)NC[C@H](C)c2ccccc2)c2ccccc21. The second kappa shape index (κ2) is 8.04. The lowest BCUT2D eigenvalue weighted by molar-refractivity contribution is -0.121. The van der Waals surface area contributed by atoms with Crippen LogP contribution >= 0.6 is 0 Å². The number of hydrogen-bond acceptors (Lipinski definition) is 2. The minimum Gasteiger partial charge on any atom is -0.354 e. The monoisotopic (exact) mass is 351 g/mol. The average Bonchev–Trinajstić information content (AvgIpc) is 2.93. The summed E-state index contributed by atoms with van der Waals surface area (Å²) >= 11 is 0. The topological polar surface area (TPSA) is 56.0 Å². The summed E-state index contributed by atoms with van der Waals surface area (Å²) in [6.07, 6.45) is 0.870. The fourth-order valence-electron chi connectivity index (χ4n) is 3.23. The summed E-state index contributed by atoms with van der Waals surface area (Å²) in [7, 11) is 0. The Labute approximate surface area is 153 Å². The van der Waals surface area contributed by atoms with Crippen molar-refractivity contribution in [2.75, 3.05) is 6.54 Å². The molecule has 5 nitrogen and oxygen atoms in total. The summed E-state index contributed by atoms with van der Waals surface area (Å²) < 4.78 is 3.31. The maximum absolute atomic E-state index is 12.7. The number of nitrogens with one attached hydrogen (secondary N) is 1. The number of para-hydroxylation sites is 2. The largest absolute Gasteiger partial charge is 0.354 e. The van der Waals surface area contributed by atoms with Crippen LogP contribution in [0.3, 0.4) is 0 Å². The van der Waals surface area contributed by atoms with Crippen LogP contribution in [0.4, 0.5) is 0 Å². The Morgan fingerprint density at radius 1 is 1.00 bits per heavy atom. The third-order valence-corrected chi connectivity index (χ3v) is 4.65. The smallest absolute Gasteiger partial charge is 0.329 e. The van der Waals surface area contributed by atoms with Gasteiger partial charge in [-0.25, -0.2) is 4.79 Å². The van der Waals surface area contributed by atoms with E-state index < -0.39 is 0 Å². The fourth-order valence-corrected chi connectivity index (χ4v) is 3.23. The van der Waals surface area contributed by atoms with Gasteiger partial charge in [0.25, 0.3) is 0 Å². The van der Waals surface area contributed by atoms with Crippen LogP contribution < -0.4 is 11.0 Å². The molecular formula is C21H25N3O2. The van der Waals surface area contributed by atoms with Crippen molar-refractivity contribution in [3.63, 3.8) is 0 Å². The van der Waals surface area contributed by atoms with Crippen LogP contribution in [-0.2, 0) is 17.9 Å². The molecule has 0 bridgehead atoms. The normalized spacial score (nSPS) is 12.2. The predicted molar refractivity (Wildman–Crippen MR) is 104 cm³/mol. The number of amides is 1. The van der Waals surface area contributed by atoms with Crippen molar-refractivity contribution in [1.29, 1.82) is 0 Å². The number of nitrogens with zero attached hydrogens (tertiary/aromatic N) is 2. The molecule has 0 saturated heterocycles. The molecule has 1 atom stereocenters. The molecule has 1 aromatic heterocycles. The quantitative estimate of drug-likeness (QED) is 0.711. The first-order valence-electron chi connectivity index (χ1n) is 9.11. The van der Waals surface area contributed by atoms with Crippen LogP contribution in [0, 0.1) is 0 Å². The van der Waals surface area contributed by atoms with Gasteiger partial charge in [-0.05, 0) is 30.0 Å². The molecule has 0 fully saturated rings. The lowest BCUT2D eigenvalue weighted by Gasteiger charge is -2.13. The zero-order valence-electron chi connectivity index (χ0n) is 15.3. The molecule has 1 heterocycles. The van der Waals surface area contributed by atoms with E-state index in [1.165, 1.54) is 5.56 Å². The molecule has 0 spiro atoms.